The molecule has 1 rings (SSSR count). The summed E-state index contributed by atoms with van der Waals surface area (Å²) in [5.74, 6) is 0.739. The summed E-state index contributed by atoms with van der Waals surface area (Å²) in [4.78, 5) is 1.37. The summed E-state index contributed by atoms with van der Waals surface area (Å²) in [6, 6.07) is 4.67. The van der Waals surface area contributed by atoms with E-state index in [1.807, 2.05) is 13.1 Å². The first-order valence-electron chi connectivity index (χ1n) is 5.03. The number of halogens is 1. The van der Waals surface area contributed by atoms with E-state index in [9.17, 15) is 0 Å². The number of nitrogens with one attached hydrogen (secondary N) is 1. The first-order chi connectivity index (χ1) is 6.61. The molecule has 0 amide bonds. The van der Waals surface area contributed by atoms with Crippen LogP contribution in [0.25, 0.3) is 0 Å². The topological polar surface area (TPSA) is 12.0 Å². The Morgan fingerprint density at radius 2 is 2.14 bits per heavy atom. The largest absolute Gasteiger partial charge is 0.317 e. The molecule has 0 fully saturated rings. The SMILES string of the molecule is CNC(Cc1ccc(Cl)s1)CC(C)C. The van der Waals surface area contributed by atoms with E-state index in [-0.39, 0.29) is 0 Å². The molecule has 0 saturated heterocycles. The predicted molar refractivity (Wildman–Crippen MR) is 65.3 cm³/mol. The zero-order valence-corrected chi connectivity index (χ0v) is 10.6. The van der Waals surface area contributed by atoms with Crippen molar-refractivity contribution in [3.8, 4) is 0 Å². The minimum Gasteiger partial charge on any atom is -0.317 e. The summed E-state index contributed by atoms with van der Waals surface area (Å²) in [5, 5.41) is 3.35. The summed E-state index contributed by atoms with van der Waals surface area (Å²) in [5.41, 5.74) is 0. The zero-order valence-electron chi connectivity index (χ0n) is 9.01. The van der Waals surface area contributed by atoms with Crippen LogP contribution < -0.4 is 5.32 Å². The van der Waals surface area contributed by atoms with E-state index in [4.69, 9.17) is 11.6 Å². The van der Waals surface area contributed by atoms with Crippen LogP contribution in [0.1, 0.15) is 25.1 Å². The van der Waals surface area contributed by atoms with Gasteiger partial charge >= 0.3 is 0 Å². The van der Waals surface area contributed by atoms with Gasteiger partial charge in [-0.05, 0) is 37.9 Å². The highest BCUT2D eigenvalue weighted by atomic mass is 35.5. The van der Waals surface area contributed by atoms with Crippen LogP contribution >= 0.6 is 22.9 Å². The Hall–Kier alpha value is -0.0500. The maximum Gasteiger partial charge on any atom is 0.0931 e. The van der Waals surface area contributed by atoms with Gasteiger partial charge in [0, 0.05) is 10.9 Å². The smallest absolute Gasteiger partial charge is 0.0931 e. The van der Waals surface area contributed by atoms with Crippen molar-refractivity contribution in [3.63, 3.8) is 0 Å². The first kappa shape index (κ1) is 12.0. The third kappa shape index (κ3) is 3.99. The van der Waals surface area contributed by atoms with E-state index in [2.05, 4.69) is 25.2 Å². The molecular weight excluding hydrogens is 214 g/mol. The monoisotopic (exact) mass is 231 g/mol. The fourth-order valence-electron chi connectivity index (χ4n) is 1.58. The summed E-state index contributed by atoms with van der Waals surface area (Å²) in [7, 11) is 2.03. The van der Waals surface area contributed by atoms with Gasteiger partial charge in [0.15, 0.2) is 0 Å². The molecule has 0 bridgehead atoms. The number of thiophene rings is 1. The molecule has 0 radical (unpaired) electrons. The molecule has 0 saturated carbocycles. The van der Waals surface area contributed by atoms with Gasteiger partial charge in [-0.25, -0.2) is 0 Å². The molecule has 0 spiro atoms. The zero-order chi connectivity index (χ0) is 10.6. The third-order valence-electron chi connectivity index (χ3n) is 2.24. The number of likely N-dealkylation sites (N-methyl/N-ethyl adjacent to an activating group) is 1. The molecule has 0 aromatic carbocycles. The molecule has 3 heteroatoms. The molecule has 80 valence electrons. The maximum absolute atomic E-state index is 5.89. The van der Waals surface area contributed by atoms with Gasteiger partial charge in [-0.2, -0.15) is 0 Å². The lowest BCUT2D eigenvalue weighted by Crippen LogP contribution is -2.28. The van der Waals surface area contributed by atoms with Crippen LogP contribution in [0.2, 0.25) is 4.34 Å². The molecule has 0 aliphatic carbocycles. The first-order valence-corrected chi connectivity index (χ1v) is 6.22. The molecule has 14 heavy (non-hydrogen) atoms. The summed E-state index contributed by atoms with van der Waals surface area (Å²) in [6.07, 6.45) is 2.30. The lowest BCUT2D eigenvalue weighted by Gasteiger charge is -2.17. The summed E-state index contributed by atoms with van der Waals surface area (Å²) >= 11 is 7.57. The Morgan fingerprint density at radius 1 is 1.43 bits per heavy atom. The standard InChI is InChI=1S/C11H18ClNS/c1-8(2)6-9(13-3)7-10-4-5-11(12)14-10/h4-5,8-9,13H,6-7H2,1-3H3. The number of rotatable bonds is 5. The minimum atomic E-state index is 0.574. The summed E-state index contributed by atoms with van der Waals surface area (Å²) < 4.78 is 0.888. The highest BCUT2D eigenvalue weighted by molar-refractivity contribution is 7.16. The quantitative estimate of drug-likeness (QED) is 0.817. The Morgan fingerprint density at radius 3 is 2.57 bits per heavy atom. The molecule has 1 atom stereocenters. The maximum atomic E-state index is 5.89. The lowest BCUT2D eigenvalue weighted by atomic mass is 10.0. The summed E-state index contributed by atoms with van der Waals surface area (Å²) in [6.45, 7) is 4.51. The van der Waals surface area contributed by atoms with E-state index in [1.54, 1.807) is 11.3 Å². The average Bonchev–Trinajstić information content (AvgIpc) is 2.49. The van der Waals surface area contributed by atoms with Gasteiger partial charge in [-0.3, -0.25) is 0 Å². The second kappa shape index (κ2) is 5.74. The molecule has 1 heterocycles. The average molecular weight is 232 g/mol. The van der Waals surface area contributed by atoms with Gasteiger partial charge in [0.25, 0.3) is 0 Å². The molecule has 1 unspecified atom stereocenters. The van der Waals surface area contributed by atoms with Crippen molar-refractivity contribution >= 4 is 22.9 Å². The van der Waals surface area contributed by atoms with Crippen molar-refractivity contribution in [1.82, 2.24) is 5.32 Å². The lowest BCUT2D eigenvalue weighted by molar-refractivity contribution is 0.443. The van der Waals surface area contributed by atoms with E-state index >= 15 is 0 Å². The van der Waals surface area contributed by atoms with Crippen molar-refractivity contribution < 1.29 is 0 Å². The molecule has 1 nitrogen and oxygen atoms in total. The van der Waals surface area contributed by atoms with Gasteiger partial charge in [0.05, 0.1) is 4.34 Å². The van der Waals surface area contributed by atoms with Crippen molar-refractivity contribution in [1.29, 1.82) is 0 Å². The Balaban J connectivity index is 2.48. The second-order valence-electron chi connectivity index (χ2n) is 4.03. The van der Waals surface area contributed by atoms with Crippen molar-refractivity contribution in [2.75, 3.05) is 7.05 Å². The van der Waals surface area contributed by atoms with Crippen LogP contribution in [0.3, 0.4) is 0 Å². The second-order valence-corrected chi connectivity index (χ2v) is 5.82. The predicted octanol–water partition coefficient (Wildman–Crippen LogP) is 3.58. The molecular formula is C11H18ClNS. The van der Waals surface area contributed by atoms with Gasteiger partial charge in [-0.15, -0.1) is 11.3 Å². The van der Waals surface area contributed by atoms with Crippen LogP contribution in [0.15, 0.2) is 12.1 Å². The van der Waals surface area contributed by atoms with Crippen LogP contribution in [-0.4, -0.2) is 13.1 Å². The van der Waals surface area contributed by atoms with Crippen molar-refractivity contribution in [2.24, 2.45) is 5.92 Å². The van der Waals surface area contributed by atoms with Crippen LogP contribution in [0.5, 0.6) is 0 Å². The van der Waals surface area contributed by atoms with Gasteiger partial charge in [-0.1, -0.05) is 25.4 Å². The van der Waals surface area contributed by atoms with E-state index < -0.39 is 0 Å². The molecule has 0 aliphatic rings. The fourth-order valence-corrected chi connectivity index (χ4v) is 2.74. The molecule has 1 aromatic heterocycles. The van der Waals surface area contributed by atoms with E-state index in [0.29, 0.717) is 6.04 Å². The van der Waals surface area contributed by atoms with E-state index in [1.165, 1.54) is 11.3 Å². The van der Waals surface area contributed by atoms with Crippen molar-refractivity contribution in [2.45, 2.75) is 32.7 Å². The van der Waals surface area contributed by atoms with Gasteiger partial charge in [0.2, 0.25) is 0 Å². The van der Waals surface area contributed by atoms with Crippen LogP contribution in [0, 0.1) is 5.92 Å². The Bertz CT molecular complexity index is 270. The van der Waals surface area contributed by atoms with Crippen molar-refractivity contribution in [3.05, 3.63) is 21.3 Å². The normalized spacial score (nSPS) is 13.5. The number of hydrogen-bond donors (Lipinski definition) is 1. The van der Waals surface area contributed by atoms with Crippen LogP contribution in [0.4, 0.5) is 0 Å². The highest BCUT2D eigenvalue weighted by Gasteiger charge is 2.10. The molecule has 0 aliphatic heterocycles. The Labute approximate surface area is 95.5 Å². The highest BCUT2D eigenvalue weighted by Crippen LogP contribution is 2.23. The van der Waals surface area contributed by atoms with E-state index in [0.717, 1.165) is 16.7 Å². The third-order valence-corrected chi connectivity index (χ3v) is 3.49. The number of hydrogen-bond acceptors (Lipinski definition) is 2. The fraction of sp³-hybridized carbons (Fsp3) is 0.636. The molecule has 1 aromatic rings. The Kier molecular flexibility index (Phi) is 4.93. The van der Waals surface area contributed by atoms with Gasteiger partial charge < -0.3 is 5.32 Å². The minimum absolute atomic E-state index is 0.574. The molecule has 1 N–H and O–H groups in total. The van der Waals surface area contributed by atoms with Gasteiger partial charge in [0.1, 0.15) is 0 Å². The van der Waals surface area contributed by atoms with Crippen LogP contribution in [-0.2, 0) is 6.42 Å².